The standard InChI is InChI=1S/C13H15NO/c1-2-10-4-3-5-11(6-10)13(9-14)7-12(15)8-13/h1,3-6,12,15H,7-9,14H2. The number of hydrogen-bond donors (Lipinski definition) is 2. The Labute approximate surface area is 90.1 Å². The van der Waals surface area contributed by atoms with Gasteiger partial charge in [0.05, 0.1) is 6.10 Å². The topological polar surface area (TPSA) is 46.2 Å². The zero-order valence-corrected chi connectivity index (χ0v) is 8.61. The summed E-state index contributed by atoms with van der Waals surface area (Å²) in [5.41, 5.74) is 7.78. The van der Waals surface area contributed by atoms with E-state index in [4.69, 9.17) is 12.2 Å². The van der Waals surface area contributed by atoms with Gasteiger partial charge in [-0.05, 0) is 30.5 Å². The van der Waals surface area contributed by atoms with Crippen LogP contribution < -0.4 is 5.73 Å². The second kappa shape index (κ2) is 3.69. The van der Waals surface area contributed by atoms with Crippen LogP contribution in [0.5, 0.6) is 0 Å². The van der Waals surface area contributed by atoms with Crippen molar-refractivity contribution in [3.63, 3.8) is 0 Å². The van der Waals surface area contributed by atoms with E-state index < -0.39 is 0 Å². The average molecular weight is 201 g/mol. The molecule has 1 aromatic rings. The van der Waals surface area contributed by atoms with E-state index in [1.165, 1.54) is 0 Å². The van der Waals surface area contributed by atoms with Crippen LogP contribution in [0.1, 0.15) is 24.0 Å². The molecule has 1 aromatic carbocycles. The molecule has 0 aliphatic heterocycles. The summed E-state index contributed by atoms with van der Waals surface area (Å²) in [6, 6.07) is 7.90. The predicted octanol–water partition coefficient (Wildman–Crippen LogP) is 1.02. The molecular weight excluding hydrogens is 186 g/mol. The van der Waals surface area contributed by atoms with Crippen LogP contribution in [-0.2, 0) is 5.41 Å². The van der Waals surface area contributed by atoms with E-state index in [0.29, 0.717) is 6.54 Å². The first-order valence-electron chi connectivity index (χ1n) is 5.15. The molecule has 0 saturated heterocycles. The van der Waals surface area contributed by atoms with Crippen LogP contribution >= 0.6 is 0 Å². The first-order valence-corrected chi connectivity index (χ1v) is 5.15. The van der Waals surface area contributed by atoms with E-state index in [0.717, 1.165) is 24.0 Å². The van der Waals surface area contributed by atoms with Gasteiger partial charge >= 0.3 is 0 Å². The minimum absolute atomic E-state index is 0.0493. The molecule has 2 nitrogen and oxygen atoms in total. The third-order valence-electron chi connectivity index (χ3n) is 3.29. The number of benzene rings is 1. The van der Waals surface area contributed by atoms with Gasteiger partial charge in [0.15, 0.2) is 0 Å². The molecule has 78 valence electrons. The van der Waals surface area contributed by atoms with Gasteiger partial charge in [-0.1, -0.05) is 18.1 Å². The Morgan fingerprint density at radius 3 is 2.80 bits per heavy atom. The molecule has 1 aliphatic carbocycles. The van der Waals surface area contributed by atoms with Gasteiger partial charge in [-0.15, -0.1) is 6.42 Å². The predicted molar refractivity (Wildman–Crippen MR) is 60.4 cm³/mol. The molecule has 15 heavy (non-hydrogen) atoms. The van der Waals surface area contributed by atoms with E-state index in [1.807, 2.05) is 24.3 Å². The number of aliphatic hydroxyl groups is 1. The fraction of sp³-hybridized carbons (Fsp3) is 0.385. The molecule has 2 heteroatoms. The monoisotopic (exact) mass is 201 g/mol. The van der Waals surface area contributed by atoms with Crippen LogP contribution in [0.2, 0.25) is 0 Å². The molecule has 0 amide bonds. The smallest absolute Gasteiger partial charge is 0.0558 e. The van der Waals surface area contributed by atoms with Gasteiger partial charge in [-0.25, -0.2) is 0 Å². The van der Waals surface area contributed by atoms with Crippen molar-refractivity contribution in [1.29, 1.82) is 0 Å². The molecule has 1 saturated carbocycles. The van der Waals surface area contributed by atoms with Crippen LogP contribution in [0.15, 0.2) is 24.3 Å². The quantitative estimate of drug-likeness (QED) is 0.702. The Balaban J connectivity index is 2.32. The normalized spacial score (nSPS) is 29.3. The lowest BCUT2D eigenvalue weighted by molar-refractivity contribution is 0.0221. The molecule has 0 aromatic heterocycles. The highest BCUT2D eigenvalue weighted by Gasteiger charge is 2.43. The van der Waals surface area contributed by atoms with Gasteiger partial charge in [0.2, 0.25) is 0 Å². The number of hydrogen-bond acceptors (Lipinski definition) is 2. The van der Waals surface area contributed by atoms with E-state index in [-0.39, 0.29) is 11.5 Å². The van der Waals surface area contributed by atoms with Crippen molar-refractivity contribution in [2.24, 2.45) is 5.73 Å². The lowest BCUT2D eigenvalue weighted by Gasteiger charge is -2.45. The first kappa shape index (κ1) is 10.2. The highest BCUT2D eigenvalue weighted by Crippen LogP contribution is 2.43. The van der Waals surface area contributed by atoms with Crippen molar-refractivity contribution in [1.82, 2.24) is 0 Å². The molecule has 2 rings (SSSR count). The number of nitrogens with two attached hydrogens (primary N) is 1. The summed E-state index contributed by atoms with van der Waals surface area (Å²) in [6.07, 6.45) is 6.65. The van der Waals surface area contributed by atoms with Crippen LogP contribution in [0.25, 0.3) is 0 Å². The van der Waals surface area contributed by atoms with E-state index in [2.05, 4.69) is 5.92 Å². The summed E-state index contributed by atoms with van der Waals surface area (Å²) in [4.78, 5) is 0. The summed E-state index contributed by atoms with van der Waals surface area (Å²) in [5, 5.41) is 9.41. The van der Waals surface area contributed by atoms with Crippen molar-refractivity contribution in [3.05, 3.63) is 35.4 Å². The molecule has 0 radical (unpaired) electrons. The Morgan fingerprint density at radius 1 is 1.53 bits per heavy atom. The van der Waals surface area contributed by atoms with E-state index in [1.54, 1.807) is 0 Å². The summed E-state index contributed by atoms with van der Waals surface area (Å²) in [7, 11) is 0. The molecule has 1 aliphatic rings. The number of rotatable bonds is 2. The number of aliphatic hydroxyl groups excluding tert-OH is 1. The SMILES string of the molecule is C#Cc1cccc(C2(CN)CC(O)C2)c1. The minimum atomic E-state index is -0.206. The van der Waals surface area contributed by atoms with Crippen molar-refractivity contribution in [2.75, 3.05) is 6.54 Å². The fourth-order valence-corrected chi connectivity index (χ4v) is 2.30. The summed E-state index contributed by atoms with van der Waals surface area (Å²) in [5.74, 6) is 2.62. The summed E-state index contributed by atoms with van der Waals surface area (Å²) in [6.45, 7) is 0.568. The Morgan fingerprint density at radius 2 is 2.27 bits per heavy atom. The lowest BCUT2D eigenvalue weighted by atomic mass is 9.62. The van der Waals surface area contributed by atoms with Gasteiger partial charge in [-0.2, -0.15) is 0 Å². The average Bonchev–Trinajstić information content (AvgIpc) is 2.24. The van der Waals surface area contributed by atoms with Gasteiger partial charge in [0, 0.05) is 17.5 Å². The molecule has 0 unspecified atom stereocenters. The van der Waals surface area contributed by atoms with Gasteiger partial charge in [0.1, 0.15) is 0 Å². The molecule has 0 heterocycles. The highest BCUT2D eigenvalue weighted by molar-refractivity contribution is 5.40. The van der Waals surface area contributed by atoms with Crippen LogP contribution in [0.3, 0.4) is 0 Å². The second-order valence-corrected chi connectivity index (χ2v) is 4.27. The van der Waals surface area contributed by atoms with Crippen molar-refractivity contribution in [3.8, 4) is 12.3 Å². The number of terminal acetylenes is 1. The van der Waals surface area contributed by atoms with Crippen molar-refractivity contribution >= 4 is 0 Å². The van der Waals surface area contributed by atoms with Crippen molar-refractivity contribution in [2.45, 2.75) is 24.4 Å². The van der Waals surface area contributed by atoms with Gasteiger partial charge < -0.3 is 10.8 Å². The zero-order chi connectivity index (χ0) is 10.9. The highest BCUT2D eigenvalue weighted by atomic mass is 16.3. The second-order valence-electron chi connectivity index (χ2n) is 4.27. The Hall–Kier alpha value is -1.30. The molecular formula is C13H15NO. The first-order chi connectivity index (χ1) is 7.20. The van der Waals surface area contributed by atoms with Crippen LogP contribution in [0, 0.1) is 12.3 Å². The maximum Gasteiger partial charge on any atom is 0.0558 e. The molecule has 0 spiro atoms. The molecule has 0 bridgehead atoms. The summed E-state index contributed by atoms with van der Waals surface area (Å²) < 4.78 is 0. The van der Waals surface area contributed by atoms with E-state index >= 15 is 0 Å². The van der Waals surface area contributed by atoms with E-state index in [9.17, 15) is 5.11 Å². The Bertz CT molecular complexity index is 399. The maximum absolute atomic E-state index is 9.41. The maximum atomic E-state index is 9.41. The van der Waals surface area contributed by atoms with Crippen LogP contribution in [-0.4, -0.2) is 17.8 Å². The van der Waals surface area contributed by atoms with Crippen LogP contribution in [0.4, 0.5) is 0 Å². The lowest BCUT2D eigenvalue weighted by Crippen LogP contribution is -2.49. The van der Waals surface area contributed by atoms with Crippen molar-refractivity contribution < 1.29 is 5.11 Å². The Kier molecular flexibility index (Phi) is 2.52. The molecule has 3 N–H and O–H groups in total. The third kappa shape index (κ3) is 1.65. The van der Waals surface area contributed by atoms with Gasteiger partial charge in [0.25, 0.3) is 0 Å². The van der Waals surface area contributed by atoms with Gasteiger partial charge in [-0.3, -0.25) is 0 Å². The largest absolute Gasteiger partial charge is 0.393 e. The molecule has 1 fully saturated rings. The minimum Gasteiger partial charge on any atom is -0.393 e. The fourth-order valence-electron chi connectivity index (χ4n) is 2.30. The third-order valence-corrected chi connectivity index (χ3v) is 3.29. The molecule has 0 atom stereocenters. The zero-order valence-electron chi connectivity index (χ0n) is 8.61. The summed E-state index contributed by atoms with van der Waals surface area (Å²) >= 11 is 0.